The molecule has 0 spiro atoms. The number of alkyl halides is 3. The van der Waals surface area contributed by atoms with E-state index in [1.54, 1.807) is 0 Å². The Labute approximate surface area is 106 Å². The van der Waals surface area contributed by atoms with Gasteiger partial charge < -0.3 is 4.74 Å². The van der Waals surface area contributed by atoms with Gasteiger partial charge in [0.15, 0.2) is 5.82 Å². The minimum atomic E-state index is -4.56. The number of rotatable bonds is 1. The zero-order chi connectivity index (χ0) is 13.6. The molecule has 0 fully saturated rings. The fraction of sp³-hybridized carbons (Fsp3) is 0.333. The number of halogens is 5. The van der Waals surface area contributed by atoms with Crippen molar-refractivity contribution in [1.82, 2.24) is 0 Å². The van der Waals surface area contributed by atoms with Crippen LogP contribution in [0.5, 0.6) is 5.75 Å². The van der Waals surface area contributed by atoms with Crippen LogP contribution in [0.3, 0.4) is 0 Å². The quantitative estimate of drug-likeness (QED) is 0.683. The van der Waals surface area contributed by atoms with E-state index >= 15 is 0 Å². The first-order chi connectivity index (χ1) is 8.31. The molecule has 18 heavy (non-hydrogen) atoms. The third-order valence-electron chi connectivity index (χ3n) is 2.91. The molecule has 0 aliphatic carbocycles. The van der Waals surface area contributed by atoms with E-state index in [9.17, 15) is 17.6 Å². The van der Waals surface area contributed by atoms with Gasteiger partial charge in [-0.2, -0.15) is 13.2 Å². The van der Waals surface area contributed by atoms with Crippen molar-refractivity contribution in [3.63, 3.8) is 0 Å². The van der Waals surface area contributed by atoms with Gasteiger partial charge in [0.1, 0.15) is 5.75 Å². The molecule has 6 heteroatoms. The molecule has 1 aromatic rings. The van der Waals surface area contributed by atoms with Crippen LogP contribution in [0.15, 0.2) is 18.2 Å². The highest BCUT2D eigenvalue weighted by atomic mass is 35.5. The molecule has 1 aromatic carbocycles. The number of hydrogen-bond donors (Lipinski definition) is 0. The number of hydrogen-bond acceptors (Lipinski definition) is 1. The minimum absolute atomic E-state index is 0.0594. The Bertz CT molecular complexity index is 510. The van der Waals surface area contributed by atoms with Gasteiger partial charge >= 0.3 is 6.18 Å². The normalized spacial score (nSPS) is 22.6. The molecule has 0 saturated heterocycles. The Hall–Kier alpha value is -1.23. The molecule has 1 heterocycles. The summed E-state index contributed by atoms with van der Waals surface area (Å²) in [5.41, 5.74) is -2.46. The summed E-state index contributed by atoms with van der Waals surface area (Å²) in [5, 5.41) is -0.155. The number of ether oxygens (including phenoxy) is 1. The van der Waals surface area contributed by atoms with E-state index in [0.717, 1.165) is 12.2 Å². The van der Waals surface area contributed by atoms with Crippen LogP contribution in [0.25, 0.3) is 6.08 Å². The summed E-state index contributed by atoms with van der Waals surface area (Å²) in [6.45, 7) is 1.36. The van der Waals surface area contributed by atoms with Gasteiger partial charge in [-0.3, -0.25) is 0 Å². The third-order valence-corrected chi connectivity index (χ3v) is 3.20. The third kappa shape index (κ3) is 1.86. The molecule has 0 amide bonds. The molecule has 1 aliphatic rings. The Morgan fingerprint density at radius 2 is 2.00 bits per heavy atom. The molecule has 0 saturated carbocycles. The smallest absolute Gasteiger partial charge is 0.432 e. The molecule has 0 bridgehead atoms. The van der Waals surface area contributed by atoms with Crippen LogP contribution in [0.1, 0.15) is 18.9 Å². The zero-order valence-corrected chi connectivity index (χ0v) is 10.1. The van der Waals surface area contributed by atoms with Crippen molar-refractivity contribution < 1.29 is 22.3 Å². The summed E-state index contributed by atoms with van der Waals surface area (Å²) in [4.78, 5) is 0. The van der Waals surface area contributed by atoms with Crippen LogP contribution < -0.4 is 4.74 Å². The summed E-state index contributed by atoms with van der Waals surface area (Å²) >= 11 is 5.55. The summed E-state index contributed by atoms with van der Waals surface area (Å²) in [7, 11) is 0. The first-order valence-electron chi connectivity index (χ1n) is 5.24. The minimum Gasteiger partial charge on any atom is -0.473 e. The van der Waals surface area contributed by atoms with Gasteiger partial charge in [0.25, 0.3) is 0 Å². The highest BCUT2D eigenvalue weighted by Gasteiger charge is 2.55. The van der Waals surface area contributed by atoms with E-state index in [1.165, 1.54) is 19.1 Å². The Balaban J connectivity index is 2.52. The van der Waals surface area contributed by atoms with E-state index in [4.69, 9.17) is 16.3 Å². The average molecular weight is 281 g/mol. The molecule has 98 valence electrons. The van der Waals surface area contributed by atoms with Crippen molar-refractivity contribution in [2.75, 3.05) is 0 Å². The molecule has 1 atom stereocenters. The van der Waals surface area contributed by atoms with Gasteiger partial charge in [0, 0.05) is 0 Å². The summed E-state index contributed by atoms with van der Waals surface area (Å²) < 4.78 is 57.5. The molecule has 1 aliphatic heterocycles. The standard InChI is InChI=1S/C12H9ClF4O/c1-2-11(12(15,16)17)6-5-7-9(18-11)4-3-8(13)10(7)14/h3-6H,2H2,1H3. The van der Waals surface area contributed by atoms with Crippen molar-refractivity contribution >= 4 is 17.7 Å². The molecule has 2 rings (SSSR count). The second kappa shape index (κ2) is 4.16. The first kappa shape index (κ1) is 13.2. The second-order valence-corrected chi connectivity index (χ2v) is 4.36. The van der Waals surface area contributed by atoms with Gasteiger partial charge in [0.05, 0.1) is 10.6 Å². The zero-order valence-electron chi connectivity index (χ0n) is 9.31. The van der Waals surface area contributed by atoms with E-state index in [-0.39, 0.29) is 22.8 Å². The highest BCUT2D eigenvalue weighted by molar-refractivity contribution is 6.31. The average Bonchev–Trinajstić information content (AvgIpc) is 2.32. The molecule has 0 aromatic heterocycles. The number of benzene rings is 1. The van der Waals surface area contributed by atoms with Crippen LogP contribution in [0.2, 0.25) is 5.02 Å². The van der Waals surface area contributed by atoms with E-state index in [2.05, 4.69) is 0 Å². The fourth-order valence-corrected chi connectivity index (χ4v) is 1.95. The lowest BCUT2D eigenvalue weighted by Crippen LogP contribution is -2.49. The van der Waals surface area contributed by atoms with E-state index < -0.39 is 17.6 Å². The van der Waals surface area contributed by atoms with Crippen molar-refractivity contribution in [1.29, 1.82) is 0 Å². The molecule has 0 N–H and O–H groups in total. The van der Waals surface area contributed by atoms with Crippen molar-refractivity contribution in [3.8, 4) is 5.75 Å². The van der Waals surface area contributed by atoms with E-state index in [0.29, 0.717) is 0 Å². The predicted octanol–water partition coefficient (Wildman–Crippen LogP) is 4.60. The van der Waals surface area contributed by atoms with Gasteiger partial charge in [-0.05, 0) is 30.7 Å². The van der Waals surface area contributed by atoms with Crippen molar-refractivity contribution in [2.45, 2.75) is 25.1 Å². The first-order valence-corrected chi connectivity index (χ1v) is 5.61. The van der Waals surface area contributed by atoms with Gasteiger partial charge in [0.2, 0.25) is 5.60 Å². The monoisotopic (exact) mass is 280 g/mol. The lowest BCUT2D eigenvalue weighted by atomic mass is 9.94. The molecular formula is C12H9ClF4O. The SMILES string of the molecule is CCC1(C(F)(F)F)C=Cc2c(ccc(Cl)c2F)O1. The topological polar surface area (TPSA) is 9.23 Å². The van der Waals surface area contributed by atoms with Crippen molar-refractivity contribution in [2.24, 2.45) is 0 Å². The summed E-state index contributed by atoms with van der Waals surface area (Å²) in [5.74, 6) is -0.934. The van der Waals surface area contributed by atoms with Gasteiger partial charge in [-0.1, -0.05) is 18.5 Å². The Morgan fingerprint density at radius 1 is 1.33 bits per heavy atom. The maximum Gasteiger partial charge on any atom is 0.432 e. The predicted molar refractivity (Wildman–Crippen MR) is 60.1 cm³/mol. The van der Waals surface area contributed by atoms with E-state index in [1.807, 2.05) is 0 Å². The maximum absolute atomic E-state index is 13.6. The second-order valence-electron chi connectivity index (χ2n) is 3.95. The Kier molecular flexibility index (Phi) is 3.05. The summed E-state index contributed by atoms with van der Waals surface area (Å²) in [6, 6.07) is 2.41. The van der Waals surface area contributed by atoms with Gasteiger partial charge in [-0.25, -0.2) is 4.39 Å². The highest BCUT2D eigenvalue weighted by Crippen LogP contribution is 2.44. The molecule has 1 unspecified atom stereocenters. The van der Waals surface area contributed by atoms with Gasteiger partial charge in [-0.15, -0.1) is 0 Å². The van der Waals surface area contributed by atoms with Crippen LogP contribution in [0, 0.1) is 5.82 Å². The maximum atomic E-state index is 13.6. The largest absolute Gasteiger partial charge is 0.473 e. The summed E-state index contributed by atoms with van der Waals surface area (Å²) in [6.07, 6.45) is -2.96. The van der Waals surface area contributed by atoms with Crippen LogP contribution in [-0.4, -0.2) is 11.8 Å². The van der Waals surface area contributed by atoms with Crippen molar-refractivity contribution in [3.05, 3.63) is 34.6 Å². The molecule has 1 nitrogen and oxygen atoms in total. The fourth-order valence-electron chi connectivity index (χ4n) is 1.78. The van der Waals surface area contributed by atoms with Crippen LogP contribution in [-0.2, 0) is 0 Å². The lowest BCUT2D eigenvalue weighted by Gasteiger charge is -2.35. The molecular weight excluding hydrogens is 272 g/mol. The number of fused-ring (bicyclic) bond motifs is 1. The van der Waals surface area contributed by atoms with Crippen LogP contribution in [0.4, 0.5) is 17.6 Å². The molecule has 0 radical (unpaired) electrons. The lowest BCUT2D eigenvalue weighted by molar-refractivity contribution is -0.230. The Morgan fingerprint density at radius 3 is 2.56 bits per heavy atom. The van der Waals surface area contributed by atoms with Crippen LogP contribution >= 0.6 is 11.6 Å².